The van der Waals surface area contributed by atoms with Gasteiger partial charge in [0.2, 0.25) is 0 Å². The van der Waals surface area contributed by atoms with Crippen LogP contribution in [0.4, 0.5) is 34.1 Å². The van der Waals surface area contributed by atoms with Crippen molar-refractivity contribution in [3.05, 3.63) is 306 Å². The molecular formula is C106H107BN4. The maximum atomic E-state index is 2.74. The van der Waals surface area contributed by atoms with E-state index in [0.29, 0.717) is 0 Å². The summed E-state index contributed by atoms with van der Waals surface area (Å²) in [6.07, 6.45) is 0. The van der Waals surface area contributed by atoms with Crippen molar-refractivity contribution in [1.29, 1.82) is 0 Å². The number of para-hydroxylation sites is 2. The summed E-state index contributed by atoms with van der Waals surface area (Å²) in [5, 5.41) is 5.01. The van der Waals surface area contributed by atoms with Gasteiger partial charge >= 0.3 is 0 Å². The Morgan fingerprint density at radius 3 is 0.955 bits per heavy atom. The molecule has 2 aliphatic rings. The molecule has 0 unspecified atom stereocenters. The summed E-state index contributed by atoms with van der Waals surface area (Å²) in [6, 6.07) is 105. The largest absolute Gasteiger partial charge is 0.311 e. The van der Waals surface area contributed by atoms with Crippen molar-refractivity contribution in [3.63, 3.8) is 0 Å². The first-order valence-electron chi connectivity index (χ1n) is 40.3. The molecule has 0 bridgehead atoms. The number of hydrogen-bond donors (Lipinski definition) is 0. The molecule has 0 spiro atoms. The smallest absolute Gasteiger partial charge is 0.252 e. The van der Waals surface area contributed by atoms with Gasteiger partial charge in [-0.1, -0.05) is 327 Å². The molecule has 17 rings (SSSR count). The van der Waals surface area contributed by atoms with Crippen molar-refractivity contribution in [3.8, 4) is 55.9 Å². The third-order valence-electron chi connectivity index (χ3n) is 24.1. The van der Waals surface area contributed by atoms with Crippen LogP contribution in [0, 0.1) is 0 Å². The molecule has 13 aromatic carbocycles. The Hall–Kier alpha value is -10.9. The third-order valence-corrected chi connectivity index (χ3v) is 24.1. The number of benzene rings is 13. The molecule has 4 nitrogen and oxygen atoms in total. The first kappa shape index (κ1) is 73.0. The minimum atomic E-state index is -0.333. The first-order valence-corrected chi connectivity index (χ1v) is 40.3. The Morgan fingerprint density at radius 2 is 0.568 bits per heavy atom. The zero-order valence-electron chi connectivity index (χ0n) is 69.3. The average molecular weight is 1450 g/mol. The minimum Gasteiger partial charge on any atom is -0.311 e. The van der Waals surface area contributed by atoms with Crippen molar-refractivity contribution < 1.29 is 0 Å². The highest BCUT2D eigenvalue weighted by molar-refractivity contribution is 7.00. The molecule has 4 heterocycles. The highest BCUT2D eigenvalue weighted by atomic mass is 15.2. The lowest BCUT2D eigenvalue weighted by atomic mass is 9.33. The second kappa shape index (κ2) is 25.9. The van der Waals surface area contributed by atoms with E-state index < -0.39 is 0 Å². The van der Waals surface area contributed by atoms with E-state index in [-0.39, 0.29) is 44.6 Å². The predicted octanol–water partition coefficient (Wildman–Crippen LogP) is 27.7. The van der Waals surface area contributed by atoms with E-state index in [1.165, 1.54) is 155 Å². The molecule has 5 heteroatoms. The Labute approximate surface area is 660 Å². The normalized spacial score (nSPS) is 13.6. The van der Waals surface area contributed by atoms with Crippen LogP contribution in [0.25, 0.3) is 99.5 Å². The number of fused-ring (bicyclic) bond motifs is 10. The van der Waals surface area contributed by atoms with Crippen LogP contribution < -0.4 is 26.2 Å². The second-order valence-electron chi connectivity index (χ2n) is 39.2. The second-order valence-corrected chi connectivity index (χ2v) is 39.2. The molecular weight excluding hydrogens is 1340 g/mol. The molecule has 0 atom stereocenters. The van der Waals surface area contributed by atoms with Gasteiger partial charge in [0.1, 0.15) is 0 Å². The van der Waals surface area contributed by atoms with Gasteiger partial charge in [-0.05, 0) is 212 Å². The lowest BCUT2D eigenvalue weighted by Crippen LogP contribution is -2.61. The van der Waals surface area contributed by atoms with Gasteiger partial charge in [-0.15, -0.1) is 0 Å². The van der Waals surface area contributed by atoms with Crippen LogP contribution in [0.5, 0.6) is 0 Å². The number of hydrogen-bond acceptors (Lipinski definition) is 2. The Balaban J connectivity index is 1.05. The quantitative estimate of drug-likeness (QED) is 0.141. The zero-order valence-corrected chi connectivity index (χ0v) is 69.3. The van der Waals surface area contributed by atoms with Gasteiger partial charge in [-0.25, -0.2) is 0 Å². The topological polar surface area (TPSA) is 16.3 Å². The molecule has 2 aromatic heterocycles. The van der Waals surface area contributed by atoms with Crippen LogP contribution in [0.2, 0.25) is 0 Å². The van der Waals surface area contributed by atoms with Crippen LogP contribution in [-0.2, 0) is 37.9 Å². The summed E-state index contributed by atoms with van der Waals surface area (Å²) in [5.41, 5.74) is 35.3. The van der Waals surface area contributed by atoms with Crippen molar-refractivity contribution >= 4 is 101 Å². The molecule has 0 aliphatic carbocycles. The van der Waals surface area contributed by atoms with E-state index >= 15 is 0 Å². The fourth-order valence-electron chi connectivity index (χ4n) is 18.0. The van der Waals surface area contributed by atoms with Crippen LogP contribution >= 0.6 is 0 Å². The number of aromatic nitrogens is 2. The zero-order chi connectivity index (χ0) is 78.1. The fraction of sp³-hybridized carbons (Fsp3) is 0.264. The molecule has 0 saturated carbocycles. The van der Waals surface area contributed by atoms with Crippen molar-refractivity contribution in [2.24, 2.45) is 0 Å². The molecule has 0 saturated heterocycles. The van der Waals surface area contributed by atoms with Crippen LogP contribution in [0.1, 0.15) is 184 Å². The third kappa shape index (κ3) is 12.5. The summed E-state index contributed by atoms with van der Waals surface area (Å²) < 4.78 is 5.10. The predicted molar refractivity (Wildman–Crippen MR) is 482 cm³/mol. The van der Waals surface area contributed by atoms with Gasteiger partial charge in [0, 0.05) is 66.8 Å². The van der Waals surface area contributed by atoms with Gasteiger partial charge in [0.05, 0.1) is 33.4 Å². The molecule has 0 N–H and O–H groups in total. The summed E-state index contributed by atoms with van der Waals surface area (Å²) >= 11 is 0. The molecule has 111 heavy (non-hydrogen) atoms. The monoisotopic (exact) mass is 1450 g/mol. The molecule has 0 radical (unpaired) electrons. The van der Waals surface area contributed by atoms with Crippen molar-refractivity contribution in [1.82, 2.24) is 9.13 Å². The van der Waals surface area contributed by atoms with Gasteiger partial charge in [0.15, 0.2) is 0 Å². The highest BCUT2D eigenvalue weighted by Gasteiger charge is 2.46. The van der Waals surface area contributed by atoms with E-state index in [4.69, 9.17) is 0 Å². The Kier molecular flexibility index (Phi) is 17.0. The van der Waals surface area contributed by atoms with Crippen LogP contribution in [0.15, 0.2) is 267 Å². The molecule has 554 valence electrons. The Morgan fingerprint density at radius 1 is 0.216 bits per heavy atom. The van der Waals surface area contributed by atoms with Gasteiger partial charge < -0.3 is 18.9 Å². The SMILES string of the molecule is CC(C)(C)c1cccc(-c2ccc(-c3ccccc3C(C)(C)C)c(N3c4cc(-n5c6ccccc6c6cc(C(C)(C)C)ccc65)ccc4B4c5ccc(-n6c7ccccc7c7cc(C(C)(C)C)ccc76)cc5N(c5cc(-c6cccc(C(C)(C)C)c6)ccc5-c5ccccc5C(C)(C)C)c5cc(C(C)(C)C)cc3c54)c2)c1. The van der Waals surface area contributed by atoms with Crippen molar-refractivity contribution in [2.45, 2.75) is 183 Å². The molecule has 15 aromatic rings. The lowest BCUT2D eigenvalue weighted by Gasteiger charge is -2.46. The first-order chi connectivity index (χ1) is 52.5. The number of anilines is 6. The molecule has 2 aliphatic heterocycles. The Bertz CT molecular complexity index is 5900. The highest BCUT2D eigenvalue weighted by Crippen LogP contribution is 2.54. The molecule has 0 amide bonds. The minimum absolute atomic E-state index is 0.0423. The maximum absolute atomic E-state index is 2.74. The fourth-order valence-corrected chi connectivity index (χ4v) is 18.0. The maximum Gasteiger partial charge on any atom is 0.252 e. The van der Waals surface area contributed by atoms with Crippen molar-refractivity contribution in [2.75, 3.05) is 9.80 Å². The molecule has 0 fully saturated rings. The van der Waals surface area contributed by atoms with E-state index in [1.807, 2.05) is 0 Å². The van der Waals surface area contributed by atoms with E-state index in [1.54, 1.807) is 0 Å². The summed E-state index contributed by atoms with van der Waals surface area (Å²) in [7, 11) is 0. The lowest BCUT2D eigenvalue weighted by molar-refractivity contribution is 0.590. The van der Waals surface area contributed by atoms with E-state index in [2.05, 4.69) is 431 Å². The van der Waals surface area contributed by atoms with Gasteiger partial charge in [-0.3, -0.25) is 0 Å². The standard InChI is InChI=1S/C106H107BN4/c1-100(2,3)70-34-30-32-66(56-70)68-44-50-81(77-36-22-26-40-85(77)105(16,17)18)93(58-68)110-95-64-75(108-89-42-28-24-38-79(89)83-60-72(102(7,8)9)46-54-91(83)108)48-52-87(95)107-88-53-49-76(109-90-43-29-25-39-80(90)84-61-73(103(10,11)12)47-55-92(84)109)65-96(88)111(98-63-74(104(13,14)15)62-97(110)99(98)107)94-59-69(67-33-31-35-71(57-67)101(4,5)6)45-51-82(94)78-37-23-27-41-86(78)106(19,20)21/h22-65H,1-21H3. The van der Waals surface area contributed by atoms with Crippen LogP contribution in [-0.4, -0.2) is 15.8 Å². The summed E-state index contributed by atoms with van der Waals surface area (Å²) in [4.78, 5) is 5.49. The number of nitrogens with zero attached hydrogens (tertiary/aromatic N) is 4. The summed E-state index contributed by atoms with van der Waals surface area (Å²) in [5.74, 6) is 0. The average Bonchev–Trinajstić information content (AvgIpc) is 0.940. The van der Waals surface area contributed by atoms with Crippen LogP contribution in [0.3, 0.4) is 0 Å². The van der Waals surface area contributed by atoms with Gasteiger partial charge in [-0.2, -0.15) is 0 Å². The number of rotatable bonds is 8. The summed E-state index contributed by atoms with van der Waals surface area (Å²) in [6.45, 7) is 49.2. The van der Waals surface area contributed by atoms with Gasteiger partial charge in [0.25, 0.3) is 6.71 Å². The van der Waals surface area contributed by atoms with E-state index in [0.717, 1.165) is 34.1 Å². The van der Waals surface area contributed by atoms with E-state index in [9.17, 15) is 0 Å².